The standard InChI is InChI=1S/C18H18N6O/c1-2-23-13-20-21-17(23)8-10-24-11-9-19-18(24)16-12-15(22-25-16)14-6-4-3-5-7-14/h3-7,9,11-13H,2,8,10H2,1H3. The molecule has 0 unspecified atom stereocenters. The highest BCUT2D eigenvalue weighted by atomic mass is 16.5. The normalized spacial score (nSPS) is 11.1. The summed E-state index contributed by atoms with van der Waals surface area (Å²) in [4.78, 5) is 4.42. The topological polar surface area (TPSA) is 74.6 Å². The van der Waals surface area contributed by atoms with E-state index in [4.69, 9.17) is 4.52 Å². The minimum Gasteiger partial charge on any atom is -0.352 e. The Morgan fingerprint density at radius 3 is 2.84 bits per heavy atom. The molecule has 7 nitrogen and oxygen atoms in total. The quantitative estimate of drug-likeness (QED) is 0.542. The van der Waals surface area contributed by atoms with Crippen molar-refractivity contribution >= 4 is 0 Å². The van der Waals surface area contributed by atoms with Gasteiger partial charge in [0.15, 0.2) is 5.82 Å². The highest BCUT2D eigenvalue weighted by molar-refractivity contribution is 5.63. The van der Waals surface area contributed by atoms with E-state index < -0.39 is 0 Å². The molecule has 1 aromatic carbocycles. The van der Waals surface area contributed by atoms with Crippen molar-refractivity contribution in [2.75, 3.05) is 0 Å². The number of nitrogens with zero attached hydrogens (tertiary/aromatic N) is 6. The summed E-state index contributed by atoms with van der Waals surface area (Å²) in [6.07, 6.45) is 6.24. The van der Waals surface area contributed by atoms with E-state index in [1.54, 1.807) is 12.5 Å². The third kappa shape index (κ3) is 3.08. The smallest absolute Gasteiger partial charge is 0.202 e. The van der Waals surface area contributed by atoms with Crippen molar-refractivity contribution < 1.29 is 4.52 Å². The third-order valence-corrected chi connectivity index (χ3v) is 4.13. The summed E-state index contributed by atoms with van der Waals surface area (Å²) in [5.74, 6) is 2.38. The average molecular weight is 334 g/mol. The van der Waals surface area contributed by atoms with Crippen LogP contribution in [0.2, 0.25) is 0 Å². The zero-order valence-electron chi connectivity index (χ0n) is 13.9. The molecular formula is C18H18N6O. The molecule has 7 heteroatoms. The number of benzene rings is 1. The number of rotatable bonds is 6. The Kier molecular flexibility index (Phi) is 4.12. The lowest BCUT2D eigenvalue weighted by atomic mass is 10.1. The molecule has 0 radical (unpaired) electrons. The summed E-state index contributed by atoms with van der Waals surface area (Å²) >= 11 is 0. The van der Waals surface area contributed by atoms with Crippen LogP contribution < -0.4 is 0 Å². The number of imidazole rings is 1. The fourth-order valence-corrected chi connectivity index (χ4v) is 2.80. The van der Waals surface area contributed by atoms with Gasteiger partial charge < -0.3 is 13.7 Å². The lowest BCUT2D eigenvalue weighted by Gasteiger charge is -2.06. The summed E-state index contributed by atoms with van der Waals surface area (Å²) in [6.45, 7) is 3.69. The summed E-state index contributed by atoms with van der Waals surface area (Å²) in [5, 5.41) is 12.3. The molecule has 0 spiro atoms. The van der Waals surface area contributed by atoms with Crippen molar-refractivity contribution in [1.29, 1.82) is 0 Å². The van der Waals surface area contributed by atoms with Gasteiger partial charge in [0.05, 0.1) is 0 Å². The number of hydrogen-bond donors (Lipinski definition) is 0. The van der Waals surface area contributed by atoms with E-state index in [-0.39, 0.29) is 0 Å². The van der Waals surface area contributed by atoms with Gasteiger partial charge in [0.1, 0.15) is 17.8 Å². The van der Waals surface area contributed by atoms with Crippen LogP contribution in [0.25, 0.3) is 22.8 Å². The van der Waals surface area contributed by atoms with Crippen LogP contribution in [0.1, 0.15) is 12.7 Å². The lowest BCUT2D eigenvalue weighted by molar-refractivity contribution is 0.429. The van der Waals surface area contributed by atoms with Crippen LogP contribution in [0.15, 0.2) is 59.6 Å². The van der Waals surface area contributed by atoms with Gasteiger partial charge in [-0.05, 0) is 6.92 Å². The van der Waals surface area contributed by atoms with Crippen molar-refractivity contribution in [2.24, 2.45) is 0 Å². The maximum atomic E-state index is 5.52. The second kappa shape index (κ2) is 6.72. The molecule has 0 aliphatic rings. The molecule has 0 N–H and O–H groups in total. The van der Waals surface area contributed by atoms with E-state index in [0.717, 1.165) is 42.4 Å². The average Bonchev–Trinajstić information content (AvgIpc) is 3.39. The van der Waals surface area contributed by atoms with Crippen molar-refractivity contribution in [3.63, 3.8) is 0 Å². The van der Waals surface area contributed by atoms with E-state index in [9.17, 15) is 0 Å². The predicted octanol–water partition coefficient (Wildman–Crippen LogP) is 3.06. The predicted molar refractivity (Wildman–Crippen MR) is 92.6 cm³/mol. The highest BCUT2D eigenvalue weighted by Crippen LogP contribution is 2.25. The first-order chi connectivity index (χ1) is 12.3. The maximum absolute atomic E-state index is 5.52. The molecule has 0 fully saturated rings. The zero-order chi connectivity index (χ0) is 17.1. The Hall–Kier alpha value is -3.22. The Morgan fingerprint density at radius 2 is 2.00 bits per heavy atom. The lowest BCUT2D eigenvalue weighted by Crippen LogP contribution is -2.07. The zero-order valence-corrected chi connectivity index (χ0v) is 13.9. The van der Waals surface area contributed by atoms with Crippen LogP contribution in [-0.2, 0) is 19.5 Å². The Labute approximate surface area is 144 Å². The molecule has 0 atom stereocenters. The summed E-state index contributed by atoms with van der Waals surface area (Å²) in [5.41, 5.74) is 1.82. The van der Waals surface area contributed by atoms with Crippen molar-refractivity contribution in [2.45, 2.75) is 26.4 Å². The Balaban J connectivity index is 1.55. The molecule has 0 amide bonds. The molecule has 3 heterocycles. The van der Waals surface area contributed by atoms with Gasteiger partial charge in [-0.25, -0.2) is 4.98 Å². The fourth-order valence-electron chi connectivity index (χ4n) is 2.80. The molecular weight excluding hydrogens is 316 g/mol. The number of aromatic nitrogens is 6. The monoisotopic (exact) mass is 334 g/mol. The molecule has 0 saturated carbocycles. The van der Waals surface area contributed by atoms with Gasteiger partial charge >= 0.3 is 0 Å². The largest absolute Gasteiger partial charge is 0.352 e. The van der Waals surface area contributed by atoms with Crippen LogP contribution >= 0.6 is 0 Å². The minimum atomic E-state index is 0.654. The second-order valence-electron chi connectivity index (χ2n) is 5.67. The van der Waals surface area contributed by atoms with E-state index in [1.807, 2.05) is 51.7 Å². The molecule has 0 bridgehead atoms. The Bertz CT molecular complexity index is 953. The van der Waals surface area contributed by atoms with Crippen molar-refractivity contribution in [1.82, 2.24) is 29.5 Å². The molecule has 126 valence electrons. The van der Waals surface area contributed by atoms with Crippen molar-refractivity contribution in [3.8, 4) is 22.8 Å². The number of aryl methyl sites for hydroxylation is 3. The van der Waals surface area contributed by atoms with Gasteiger partial charge in [0.25, 0.3) is 0 Å². The first kappa shape index (κ1) is 15.3. The van der Waals surface area contributed by atoms with Gasteiger partial charge in [-0.2, -0.15) is 0 Å². The third-order valence-electron chi connectivity index (χ3n) is 4.13. The SMILES string of the molecule is CCn1cnnc1CCn1ccnc1-c1cc(-c2ccccc2)no1. The molecule has 0 aliphatic carbocycles. The van der Waals surface area contributed by atoms with Crippen LogP contribution in [-0.4, -0.2) is 29.5 Å². The summed E-state index contributed by atoms with van der Waals surface area (Å²) in [7, 11) is 0. The number of hydrogen-bond acceptors (Lipinski definition) is 5. The van der Waals surface area contributed by atoms with Crippen LogP contribution in [0.3, 0.4) is 0 Å². The van der Waals surface area contributed by atoms with Gasteiger partial charge in [-0.3, -0.25) is 0 Å². The second-order valence-corrected chi connectivity index (χ2v) is 5.67. The maximum Gasteiger partial charge on any atom is 0.202 e. The molecule has 3 aromatic heterocycles. The first-order valence-corrected chi connectivity index (χ1v) is 8.25. The molecule has 4 aromatic rings. The van der Waals surface area contributed by atoms with E-state index >= 15 is 0 Å². The molecule has 0 aliphatic heterocycles. The fraction of sp³-hybridized carbons (Fsp3) is 0.222. The van der Waals surface area contributed by atoms with Gasteiger partial charge in [0.2, 0.25) is 5.76 Å². The Morgan fingerprint density at radius 1 is 1.12 bits per heavy atom. The first-order valence-electron chi connectivity index (χ1n) is 8.25. The highest BCUT2D eigenvalue weighted by Gasteiger charge is 2.14. The van der Waals surface area contributed by atoms with Gasteiger partial charge in [0, 0.05) is 43.5 Å². The van der Waals surface area contributed by atoms with E-state index in [1.165, 1.54) is 0 Å². The van der Waals surface area contributed by atoms with Gasteiger partial charge in [-0.15, -0.1) is 10.2 Å². The summed E-state index contributed by atoms with van der Waals surface area (Å²) < 4.78 is 9.61. The molecule has 4 rings (SSSR count). The summed E-state index contributed by atoms with van der Waals surface area (Å²) in [6, 6.07) is 11.9. The van der Waals surface area contributed by atoms with Crippen molar-refractivity contribution in [3.05, 3.63) is 60.9 Å². The van der Waals surface area contributed by atoms with Gasteiger partial charge in [-0.1, -0.05) is 35.5 Å². The van der Waals surface area contributed by atoms with Crippen LogP contribution in [0.4, 0.5) is 0 Å². The van der Waals surface area contributed by atoms with E-state index in [2.05, 4.69) is 27.3 Å². The van der Waals surface area contributed by atoms with E-state index in [0.29, 0.717) is 5.76 Å². The minimum absolute atomic E-state index is 0.654. The van der Waals surface area contributed by atoms with Crippen LogP contribution in [0, 0.1) is 0 Å². The van der Waals surface area contributed by atoms with Crippen LogP contribution in [0.5, 0.6) is 0 Å². The molecule has 25 heavy (non-hydrogen) atoms. The molecule has 0 saturated heterocycles.